The van der Waals surface area contributed by atoms with Gasteiger partial charge >= 0.3 is 0 Å². The van der Waals surface area contributed by atoms with Crippen LogP contribution in [0.3, 0.4) is 0 Å². The van der Waals surface area contributed by atoms with Crippen molar-refractivity contribution in [2.75, 3.05) is 46.3 Å². The highest BCUT2D eigenvalue weighted by molar-refractivity contribution is 7.89. The van der Waals surface area contributed by atoms with Crippen LogP contribution < -0.4 is 0 Å². The van der Waals surface area contributed by atoms with E-state index >= 15 is 0 Å². The first kappa shape index (κ1) is 18.4. The number of likely N-dealkylation sites (tertiary alicyclic amines) is 1. The Bertz CT molecular complexity index is 702. The van der Waals surface area contributed by atoms with Gasteiger partial charge in [0.1, 0.15) is 5.25 Å². The fourth-order valence-electron chi connectivity index (χ4n) is 3.51. The van der Waals surface area contributed by atoms with E-state index in [1.54, 1.807) is 21.3 Å². The summed E-state index contributed by atoms with van der Waals surface area (Å²) >= 11 is 0. The van der Waals surface area contributed by atoms with Crippen molar-refractivity contribution in [3.63, 3.8) is 0 Å². The van der Waals surface area contributed by atoms with Crippen LogP contribution in [-0.4, -0.2) is 80.0 Å². The molecule has 0 unspecified atom stereocenters. The minimum atomic E-state index is -3.31. The molecule has 2 fully saturated rings. The highest BCUT2D eigenvalue weighted by atomic mass is 32.2. The Morgan fingerprint density at radius 1 is 1.20 bits per heavy atom. The van der Waals surface area contributed by atoms with Crippen molar-refractivity contribution in [2.24, 2.45) is 5.92 Å². The molecule has 3 rings (SSSR count). The van der Waals surface area contributed by atoms with Crippen LogP contribution in [0.4, 0.5) is 0 Å². The highest BCUT2D eigenvalue weighted by Gasteiger charge is 2.44. The second-order valence-electron chi connectivity index (χ2n) is 7.11. The predicted octanol–water partition coefficient (Wildman–Crippen LogP) is 1.11. The monoisotopic (exact) mass is 365 g/mol. The standard InChI is InChI=1S/C18H27N3O3S/c1-3-19(2)11-15-9-10-21(12-15)25(23,24)17-13-20(14-17)18(22)16-7-5-4-6-8-16/h4-8,15,17H,3,9-14H2,1-2H3/t15-/m1/s1. The van der Waals surface area contributed by atoms with Gasteiger partial charge in [-0.15, -0.1) is 0 Å². The molecule has 1 atom stereocenters. The average Bonchev–Trinajstić information content (AvgIpc) is 3.03. The summed E-state index contributed by atoms with van der Waals surface area (Å²) < 4.78 is 27.2. The number of hydrogen-bond donors (Lipinski definition) is 0. The van der Waals surface area contributed by atoms with E-state index < -0.39 is 15.3 Å². The molecular formula is C18H27N3O3S. The molecule has 0 aliphatic carbocycles. The van der Waals surface area contributed by atoms with E-state index in [0.717, 1.165) is 19.5 Å². The molecule has 0 radical (unpaired) electrons. The molecule has 2 heterocycles. The van der Waals surface area contributed by atoms with Gasteiger partial charge in [-0.1, -0.05) is 25.1 Å². The third-order valence-corrected chi connectivity index (χ3v) is 7.49. The van der Waals surface area contributed by atoms with E-state index in [4.69, 9.17) is 0 Å². The maximum atomic E-state index is 12.8. The normalized spacial score (nSPS) is 22.4. The number of amides is 1. The lowest BCUT2D eigenvalue weighted by Crippen LogP contribution is -2.59. The lowest BCUT2D eigenvalue weighted by molar-refractivity contribution is 0.0655. The summed E-state index contributed by atoms with van der Waals surface area (Å²) in [5.74, 6) is 0.317. The summed E-state index contributed by atoms with van der Waals surface area (Å²) in [5, 5.41) is -0.456. The Labute approximate surface area is 150 Å². The fraction of sp³-hybridized carbons (Fsp3) is 0.611. The Kier molecular flexibility index (Phi) is 5.46. The average molecular weight is 365 g/mol. The van der Waals surface area contributed by atoms with Crippen molar-refractivity contribution in [3.05, 3.63) is 35.9 Å². The molecule has 1 aromatic carbocycles. The minimum Gasteiger partial charge on any atom is -0.336 e. The van der Waals surface area contributed by atoms with Gasteiger partial charge in [-0.05, 0) is 38.1 Å². The second kappa shape index (κ2) is 7.43. The van der Waals surface area contributed by atoms with Crippen LogP contribution in [0, 0.1) is 5.92 Å². The van der Waals surface area contributed by atoms with E-state index in [0.29, 0.717) is 37.7 Å². The van der Waals surface area contributed by atoms with Crippen LogP contribution in [-0.2, 0) is 10.0 Å². The molecule has 2 aliphatic heterocycles. The van der Waals surface area contributed by atoms with E-state index in [1.165, 1.54) is 0 Å². The van der Waals surface area contributed by atoms with Crippen molar-refractivity contribution < 1.29 is 13.2 Å². The number of rotatable bonds is 6. The van der Waals surface area contributed by atoms with E-state index in [9.17, 15) is 13.2 Å². The lowest BCUT2D eigenvalue weighted by Gasteiger charge is -2.40. The molecule has 2 saturated heterocycles. The molecule has 0 N–H and O–H groups in total. The van der Waals surface area contributed by atoms with Gasteiger partial charge in [0, 0.05) is 38.3 Å². The predicted molar refractivity (Wildman–Crippen MR) is 97.9 cm³/mol. The second-order valence-corrected chi connectivity index (χ2v) is 9.32. The molecule has 0 bridgehead atoms. The molecular weight excluding hydrogens is 338 g/mol. The molecule has 2 aliphatic rings. The third kappa shape index (κ3) is 3.88. The van der Waals surface area contributed by atoms with Gasteiger partial charge in [0.05, 0.1) is 0 Å². The Morgan fingerprint density at radius 2 is 1.88 bits per heavy atom. The number of carbonyl (C=O) groups excluding carboxylic acids is 1. The molecule has 6 nitrogen and oxygen atoms in total. The smallest absolute Gasteiger partial charge is 0.253 e. The lowest BCUT2D eigenvalue weighted by atomic mass is 10.1. The summed E-state index contributed by atoms with van der Waals surface area (Å²) in [4.78, 5) is 16.2. The number of hydrogen-bond acceptors (Lipinski definition) is 4. The van der Waals surface area contributed by atoms with E-state index in [-0.39, 0.29) is 5.91 Å². The van der Waals surface area contributed by atoms with Crippen LogP contribution in [0.15, 0.2) is 30.3 Å². The van der Waals surface area contributed by atoms with Crippen molar-refractivity contribution in [3.8, 4) is 0 Å². The van der Waals surface area contributed by atoms with Gasteiger partial charge in [0.25, 0.3) is 5.91 Å². The maximum Gasteiger partial charge on any atom is 0.253 e. The van der Waals surface area contributed by atoms with Gasteiger partial charge in [-0.3, -0.25) is 4.79 Å². The Balaban J connectivity index is 1.54. The third-order valence-electron chi connectivity index (χ3n) is 5.30. The molecule has 0 saturated carbocycles. The first-order valence-electron chi connectivity index (χ1n) is 8.93. The number of sulfonamides is 1. The topological polar surface area (TPSA) is 60.9 Å². The van der Waals surface area contributed by atoms with Gasteiger partial charge in [0.15, 0.2) is 0 Å². The van der Waals surface area contributed by atoms with Crippen molar-refractivity contribution in [2.45, 2.75) is 18.6 Å². The first-order valence-corrected chi connectivity index (χ1v) is 10.4. The molecule has 0 aromatic heterocycles. The highest BCUT2D eigenvalue weighted by Crippen LogP contribution is 2.27. The maximum absolute atomic E-state index is 12.8. The van der Waals surface area contributed by atoms with Gasteiger partial charge in [-0.25, -0.2) is 12.7 Å². The van der Waals surface area contributed by atoms with Crippen molar-refractivity contribution in [1.29, 1.82) is 0 Å². The fourth-order valence-corrected chi connectivity index (χ4v) is 5.45. The minimum absolute atomic E-state index is 0.0871. The van der Waals surface area contributed by atoms with Crippen LogP contribution >= 0.6 is 0 Å². The van der Waals surface area contributed by atoms with Crippen LogP contribution in [0.5, 0.6) is 0 Å². The van der Waals surface area contributed by atoms with Gasteiger partial charge in [0.2, 0.25) is 10.0 Å². The van der Waals surface area contributed by atoms with Crippen molar-refractivity contribution >= 4 is 15.9 Å². The van der Waals surface area contributed by atoms with Gasteiger partial charge < -0.3 is 9.80 Å². The first-order chi connectivity index (χ1) is 11.9. The summed E-state index contributed by atoms with van der Waals surface area (Å²) in [7, 11) is -1.24. The molecule has 25 heavy (non-hydrogen) atoms. The zero-order valence-electron chi connectivity index (χ0n) is 15.0. The zero-order valence-corrected chi connectivity index (χ0v) is 15.8. The quantitative estimate of drug-likeness (QED) is 0.758. The SMILES string of the molecule is CCN(C)C[C@H]1CCN(S(=O)(=O)C2CN(C(=O)c3ccccc3)C2)C1. The molecule has 7 heteroatoms. The zero-order chi connectivity index (χ0) is 18.0. The largest absolute Gasteiger partial charge is 0.336 e. The van der Waals surface area contributed by atoms with E-state index in [1.807, 2.05) is 18.2 Å². The summed E-state index contributed by atoms with van der Waals surface area (Å²) in [5.41, 5.74) is 0.613. The molecule has 1 aromatic rings. The number of carbonyl (C=O) groups is 1. The summed E-state index contributed by atoms with van der Waals surface area (Å²) in [6, 6.07) is 9.02. The summed E-state index contributed by atoms with van der Waals surface area (Å²) in [6.45, 7) is 5.83. The Hall–Kier alpha value is -1.44. The van der Waals surface area contributed by atoms with Crippen LogP contribution in [0.25, 0.3) is 0 Å². The van der Waals surface area contributed by atoms with Crippen LogP contribution in [0.2, 0.25) is 0 Å². The molecule has 0 spiro atoms. The van der Waals surface area contributed by atoms with Gasteiger partial charge in [-0.2, -0.15) is 0 Å². The molecule has 138 valence electrons. The number of benzene rings is 1. The van der Waals surface area contributed by atoms with Crippen LogP contribution in [0.1, 0.15) is 23.7 Å². The van der Waals surface area contributed by atoms with E-state index in [2.05, 4.69) is 18.9 Å². The number of nitrogens with zero attached hydrogens (tertiary/aromatic N) is 3. The van der Waals surface area contributed by atoms with Crippen molar-refractivity contribution in [1.82, 2.24) is 14.1 Å². The summed E-state index contributed by atoms with van der Waals surface area (Å²) in [6.07, 6.45) is 0.920. The molecule has 1 amide bonds. The Morgan fingerprint density at radius 3 is 2.52 bits per heavy atom.